The van der Waals surface area contributed by atoms with E-state index in [0.717, 1.165) is 10.6 Å². The molecule has 0 amide bonds. The lowest BCUT2D eigenvalue weighted by molar-refractivity contribution is -0.155. The summed E-state index contributed by atoms with van der Waals surface area (Å²) in [5.74, 6) is 1.30. The summed E-state index contributed by atoms with van der Waals surface area (Å²) in [5.41, 5.74) is 6.53. The Morgan fingerprint density at radius 1 is 1.34 bits per heavy atom. The molecule has 0 aliphatic carbocycles. The number of nitrogens with two attached hydrogens (primary N) is 1. The van der Waals surface area contributed by atoms with E-state index < -0.39 is 33.0 Å². The fraction of sp³-hybridized carbons (Fsp3) is 0.412. The van der Waals surface area contributed by atoms with E-state index in [4.69, 9.17) is 15.2 Å². The first-order chi connectivity index (χ1) is 15.1. The second-order valence-electron chi connectivity index (χ2n) is 6.50. The molecule has 32 heavy (non-hydrogen) atoms. The SMILES string of the molecule is COc1ccc(SC2=NC(N)Nc3c2ncn3CCOCP(=O)(O)OCC(F)(F)F)cc1. The maximum Gasteiger partial charge on any atom is 0.412 e. The first-order valence-corrected chi connectivity index (χ1v) is 11.7. The maximum absolute atomic E-state index is 12.1. The van der Waals surface area contributed by atoms with Crippen LogP contribution >= 0.6 is 19.4 Å². The number of aromatic nitrogens is 2. The van der Waals surface area contributed by atoms with Gasteiger partial charge in [-0.2, -0.15) is 13.2 Å². The number of methoxy groups -OCH3 is 1. The molecular weight excluding hydrogens is 474 g/mol. The normalized spacial score (nSPS) is 17.8. The zero-order valence-electron chi connectivity index (χ0n) is 16.8. The van der Waals surface area contributed by atoms with Crippen molar-refractivity contribution in [3.63, 3.8) is 0 Å². The number of hydrogen-bond acceptors (Lipinski definition) is 9. The molecule has 1 aromatic heterocycles. The third kappa shape index (κ3) is 6.95. The number of nitrogens with one attached hydrogen (secondary N) is 1. The Bertz CT molecular complexity index is 1000. The Morgan fingerprint density at radius 3 is 2.72 bits per heavy atom. The van der Waals surface area contributed by atoms with Gasteiger partial charge in [-0.25, -0.2) is 9.98 Å². The number of aliphatic imine (C=N–C) groups is 1. The number of rotatable bonds is 9. The number of ether oxygens (including phenoxy) is 2. The van der Waals surface area contributed by atoms with E-state index in [0.29, 0.717) is 16.6 Å². The van der Waals surface area contributed by atoms with Crippen molar-refractivity contribution in [2.45, 2.75) is 23.9 Å². The summed E-state index contributed by atoms with van der Waals surface area (Å²) in [5, 5.41) is 3.58. The van der Waals surface area contributed by atoms with E-state index in [1.54, 1.807) is 11.7 Å². The standard InChI is InChI=1S/C17H21F3N5O5PS/c1-28-11-2-4-12(5-3-11)32-15-13-14(23-16(21)24-15)25(9-22-13)6-7-29-10-31(26,27)30-8-17(18,19)20/h2-5,9,16,23H,6-8,10,21H2,1H3,(H,26,27). The molecule has 15 heteroatoms. The second-order valence-corrected chi connectivity index (χ2v) is 9.35. The van der Waals surface area contributed by atoms with Crippen LogP contribution < -0.4 is 15.8 Å². The van der Waals surface area contributed by atoms with Gasteiger partial charge in [0.05, 0.1) is 20.0 Å². The number of hydrogen-bond donors (Lipinski definition) is 3. The van der Waals surface area contributed by atoms with Crippen LogP contribution in [0.15, 0.2) is 40.5 Å². The molecule has 0 bridgehead atoms. The Balaban J connectivity index is 1.58. The lowest BCUT2D eigenvalue weighted by Crippen LogP contribution is -2.33. The van der Waals surface area contributed by atoms with Crippen molar-refractivity contribution in [3.8, 4) is 5.75 Å². The van der Waals surface area contributed by atoms with Crippen LogP contribution in [0.4, 0.5) is 19.0 Å². The molecule has 2 heterocycles. The predicted molar refractivity (Wildman–Crippen MR) is 112 cm³/mol. The van der Waals surface area contributed by atoms with Gasteiger partial charge < -0.3 is 24.3 Å². The topological polar surface area (TPSA) is 133 Å². The van der Waals surface area contributed by atoms with Crippen molar-refractivity contribution in [2.24, 2.45) is 10.7 Å². The Labute approximate surface area is 185 Å². The van der Waals surface area contributed by atoms with Gasteiger partial charge >= 0.3 is 13.8 Å². The van der Waals surface area contributed by atoms with E-state index in [2.05, 4.69) is 19.8 Å². The van der Waals surface area contributed by atoms with Crippen LogP contribution in [0.3, 0.4) is 0 Å². The summed E-state index contributed by atoms with van der Waals surface area (Å²) >= 11 is 1.37. The fourth-order valence-electron chi connectivity index (χ4n) is 2.60. The number of nitrogens with zero attached hydrogens (tertiary/aromatic N) is 3. The Kier molecular flexibility index (Phi) is 7.85. The van der Waals surface area contributed by atoms with Crippen molar-refractivity contribution >= 4 is 30.2 Å². The first-order valence-electron chi connectivity index (χ1n) is 9.14. The minimum atomic E-state index is -4.71. The number of imidazole rings is 1. The quantitative estimate of drug-likeness (QED) is 0.355. The van der Waals surface area contributed by atoms with Gasteiger partial charge in [-0.15, -0.1) is 0 Å². The third-order valence-corrected chi connectivity index (χ3v) is 6.06. The summed E-state index contributed by atoms with van der Waals surface area (Å²) < 4.78 is 63.8. The van der Waals surface area contributed by atoms with Crippen LogP contribution in [0.25, 0.3) is 0 Å². The number of alkyl halides is 3. The number of anilines is 1. The molecule has 0 radical (unpaired) electrons. The summed E-state index contributed by atoms with van der Waals surface area (Å²) in [6.45, 7) is -1.70. The van der Waals surface area contributed by atoms with Gasteiger partial charge in [0.2, 0.25) is 0 Å². The van der Waals surface area contributed by atoms with Gasteiger partial charge in [-0.1, -0.05) is 11.8 Å². The van der Waals surface area contributed by atoms with E-state index in [1.165, 1.54) is 18.1 Å². The molecule has 176 valence electrons. The maximum atomic E-state index is 12.1. The highest BCUT2D eigenvalue weighted by molar-refractivity contribution is 8.14. The molecule has 2 atom stereocenters. The minimum absolute atomic E-state index is 0.0717. The molecule has 10 nitrogen and oxygen atoms in total. The van der Waals surface area contributed by atoms with E-state index >= 15 is 0 Å². The molecule has 0 fully saturated rings. The minimum Gasteiger partial charge on any atom is -0.497 e. The van der Waals surface area contributed by atoms with E-state index in [-0.39, 0.29) is 13.2 Å². The van der Waals surface area contributed by atoms with Gasteiger partial charge in [0.25, 0.3) is 0 Å². The molecule has 0 saturated carbocycles. The lowest BCUT2D eigenvalue weighted by Gasteiger charge is -2.21. The van der Waals surface area contributed by atoms with E-state index in [9.17, 15) is 22.6 Å². The van der Waals surface area contributed by atoms with Gasteiger partial charge in [0.1, 0.15) is 28.7 Å². The van der Waals surface area contributed by atoms with Crippen LogP contribution in [-0.4, -0.2) is 58.6 Å². The molecule has 1 aromatic carbocycles. The molecule has 0 saturated heterocycles. The molecule has 1 aliphatic heterocycles. The van der Waals surface area contributed by atoms with Crippen LogP contribution in [-0.2, 0) is 20.4 Å². The third-order valence-electron chi connectivity index (χ3n) is 4.02. The highest BCUT2D eigenvalue weighted by Crippen LogP contribution is 2.43. The van der Waals surface area contributed by atoms with Crippen molar-refractivity contribution in [3.05, 3.63) is 36.3 Å². The summed E-state index contributed by atoms with van der Waals surface area (Å²) in [6.07, 6.45) is -4.77. The first kappa shape index (κ1) is 24.6. The van der Waals surface area contributed by atoms with Gasteiger partial charge in [-0.05, 0) is 24.3 Å². The number of fused-ring (bicyclic) bond motifs is 1. The molecule has 4 N–H and O–H groups in total. The zero-order chi connectivity index (χ0) is 23.4. The largest absolute Gasteiger partial charge is 0.497 e. The molecular formula is C17H21F3N5O5PS. The van der Waals surface area contributed by atoms with E-state index in [1.807, 2.05) is 24.3 Å². The van der Waals surface area contributed by atoms with Crippen LogP contribution in [0.1, 0.15) is 5.69 Å². The molecule has 0 spiro atoms. The monoisotopic (exact) mass is 495 g/mol. The highest BCUT2D eigenvalue weighted by Gasteiger charge is 2.33. The van der Waals surface area contributed by atoms with Gasteiger partial charge in [0.15, 0.2) is 12.9 Å². The smallest absolute Gasteiger partial charge is 0.412 e. The van der Waals surface area contributed by atoms with Crippen LogP contribution in [0.5, 0.6) is 5.75 Å². The fourth-order valence-corrected chi connectivity index (χ4v) is 4.29. The van der Waals surface area contributed by atoms with Crippen LogP contribution in [0.2, 0.25) is 0 Å². The summed E-state index contributed by atoms with van der Waals surface area (Å²) in [7, 11) is -2.94. The average Bonchev–Trinajstić information content (AvgIpc) is 3.13. The van der Waals surface area contributed by atoms with Gasteiger partial charge in [-0.3, -0.25) is 14.8 Å². The molecule has 2 unspecified atom stereocenters. The highest BCUT2D eigenvalue weighted by atomic mass is 32.2. The van der Waals surface area contributed by atoms with Crippen molar-refractivity contribution < 1.29 is 36.6 Å². The Morgan fingerprint density at radius 2 is 2.06 bits per heavy atom. The predicted octanol–water partition coefficient (Wildman–Crippen LogP) is 2.84. The summed E-state index contributed by atoms with van der Waals surface area (Å²) in [6, 6.07) is 7.38. The number of thioether (sulfide) groups is 1. The lowest BCUT2D eigenvalue weighted by atomic mass is 10.3. The zero-order valence-corrected chi connectivity index (χ0v) is 18.5. The van der Waals surface area contributed by atoms with Crippen LogP contribution in [0, 0.1) is 0 Å². The molecule has 1 aliphatic rings. The number of halogens is 3. The van der Waals surface area contributed by atoms with Crippen molar-refractivity contribution in [1.29, 1.82) is 0 Å². The molecule has 3 rings (SSSR count). The second kappa shape index (κ2) is 10.2. The number of benzene rings is 1. The average molecular weight is 495 g/mol. The van der Waals surface area contributed by atoms with Crippen molar-refractivity contribution in [2.75, 3.05) is 32.0 Å². The molecule has 2 aromatic rings. The Hall–Kier alpha value is -2.09. The summed E-state index contributed by atoms with van der Waals surface area (Å²) in [4.78, 5) is 19.0. The van der Waals surface area contributed by atoms with Crippen molar-refractivity contribution in [1.82, 2.24) is 9.55 Å². The van der Waals surface area contributed by atoms with Gasteiger partial charge in [0, 0.05) is 11.4 Å².